The molecule has 0 radical (unpaired) electrons. The van der Waals surface area contributed by atoms with Crippen LogP contribution in [0.25, 0.3) is 0 Å². The van der Waals surface area contributed by atoms with Gasteiger partial charge in [0.25, 0.3) is 5.91 Å². The zero-order chi connectivity index (χ0) is 23.4. The van der Waals surface area contributed by atoms with Crippen LogP contribution in [0.1, 0.15) is 27.0 Å². The van der Waals surface area contributed by atoms with Crippen LogP contribution in [-0.4, -0.2) is 44.1 Å². The minimum Gasteiger partial charge on any atom is -0.496 e. The number of benzene rings is 3. The maximum atomic E-state index is 13.2. The van der Waals surface area contributed by atoms with E-state index >= 15 is 0 Å². The number of hydrogen-bond acceptors (Lipinski definition) is 4. The highest BCUT2D eigenvalue weighted by atomic mass is 35.5. The number of halogens is 1. The van der Waals surface area contributed by atoms with Gasteiger partial charge in [0.15, 0.2) is 0 Å². The van der Waals surface area contributed by atoms with Crippen molar-refractivity contribution >= 4 is 23.2 Å². The summed E-state index contributed by atoms with van der Waals surface area (Å²) in [6, 6.07) is 19.4. The molecule has 3 aromatic rings. The standard InChI is InChI=1S/C27H29ClN2O3/c1-19-8-10-23(28)17-24(19)29-12-14-30(15-13-29)27(31)21-9-11-26(32-3)22(16-21)18-33-25-7-5-4-6-20(25)2/h4-11,16-17H,12-15,18H2,1-3H3. The lowest BCUT2D eigenvalue weighted by Crippen LogP contribution is -2.49. The molecule has 172 valence electrons. The summed E-state index contributed by atoms with van der Waals surface area (Å²) in [5, 5.41) is 0.729. The smallest absolute Gasteiger partial charge is 0.253 e. The highest BCUT2D eigenvalue weighted by Crippen LogP contribution is 2.27. The minimum atomic E-state index is 0.0252. The fourth-order valence-electron chi connectivity index (χ4n) is 4.15. The molecule has 4 rings (SSSR count). The van der Waals surface area contributed by atoms with Crippen LogP contribution < -0.4 is 14.4 Å². The van der Waals surface area contributed by atoms with Gasteiger partial charge in [-0.25, -0.2) is 0 Å². The van der Waals surface area contributed by atoms with Gasteiger partial charge in [-0.1, -0.05) is 35.9 Å². The zero-order valence-corrected chi connectivity index (χ0v) is 20.1. The van der Waals surface area contributed by atoms with E-state index in [1.165, 1.54) is 5.56 Å². The molecular formula is C27H29ClN2O3. The average Bonchev–Trinajstić information content (AvgIpc) is 2.84. The van der Waals surface area contributed by atoms with Gasteiger partial charge in [-0.3, -0.25) is 4.79 Å². The number of methoxy groups -OCH3 is 1. The molecule has 0 spiro atoms. The van der Waals surface area contributed by atoms with Crippen molar-refractivity contribution in [3.63, 3.8) is 0 Å². The van der Waals surface area contributed by atoms with Crippen molar-refractivity contribution in [1.82, 2.24) is 4.90 Å². The summed E-state index contributed by atoms with van der Waals surface area (Å²) in [5.74, 6) is 1.56. The number of aryl methyl sites for hydroxylation is 2. The Morgan fingerprint density at radius 3 is 2.39 bits per heavy atom. The molecule has 0 aliphatic carbocycles. The molecule has 1 amide bonds. The van der Waals surface area contributed by atoms with Gasteiger partial charge in [0.05, 0.1) is 7.11 Å². The SMILES string of the molecule is COc1ccc(C(=O)N2CCN(c3cc(Cl)ccc3C)CC2)cc1COc1ccccc1C. The maximum absolute atomic E-state index is 13.2. The van der Waals surface area contributed by atoms with E-state index < -0.39 is 0 Å². The van der Waals surface area contributed by atoms with Crippen LogP contribution in [0.15, 0.2) is 60.7 Å². The number of rotatable bonds is 6. The Labute approximate surface area is 200 Å². The number of hydrogen-bond donors (Lipinski definition) is 0. The number of piperazine rings is 1. The third-order valence-electron chi connectivity index (χ3n) is 6.08. The van der Waals surface area contributed by atoms with Crippen LogP contribution in [0.2, 0.25) is 5.02 Å². The first-order chi connectivity index (χ1) is 16.0. The van der Waals surface area contributed by atoms with Gasteiger partial charge in [0, 0.05) is 48.0 Å². The molecule has 0 saturated carbocycles. The number of amides is 1. The van der Waals surface area contributed by atoms with E-state index in [1.54, 1.807) is 7.11 Å². The van der Waals surface area contributed by atoms with Crippen molar-refractivity contribution in [2.45, 2.75) is 20.5 Å². The molecule has 0 aromatic heterocycles. The van der Waals surface area contributed by atoms with Crippen LogP contribution in [0.5, 0.6) is 11.5 Å². The Bertz CT molecular complexity index is 1140. The number of carbonyl (C=O) groups is 1. The second-order valence-corrected chi connectivity index (χ2v) is 8.73. The normalized spacial score (nSPS) is 13.7. The molecule has 1 saturated heterocycles. The van der Waals surface area contributed by atoms with Crippen LogP contribution in [0.4, 0.5) is 5.69 Å². The van der Waals surface area contributed by atoms with Gasteiger partial charge in [-0.15, -0.1) is 0 Å². The summed E-state index contributed by atoms with van der Waals surface area (Å²) >= 11 is 6.20. The van der Waals surface area contributed by atoms with E-state index in [-0.39, 0.29) is 5.91 Å². The average molecular weight is 465 g/mol. The molecule has 3 aromatic carbocycles. The van der Waals surface area contributed by atoms with Crippen molar-refractivity contribution in [3.8, 4) is 11.5 Å². The molecule has 1 heterocycles. The number of carbonyl (C=O) groups excluding carboxylic acids is 1. The number of anilines is 1. The monoisotopic (exact) mass is 464 g/mol. The fraction of sp³-hybridized carbons (Fsp3) is 0.296. The van der Waals surface area contributed by atoms with E-state index in [4.69, 9.17) is 21.1 Å². The van der Waals surface area contributed by atoms with Crippen LogP contribution in [0.3, 0.4) is 0 Å². The van der Waals surface area contributed by atoms with E-state index in [9.17, 15) is 4.79 Å². The molecule has 5 nitrogen and oxygen atoms in total. The lowest BCUT2D eigenvalue weighted by atomic mass is 10.1. The van der Waals surface area contributed by atoms with Crippen LogP contribution in [0, 0.1) is 13.8 Å². The van der Waals surface area contributed by atoms with Crippen molar-refractivity contribution in [2.24, 2.45) is 0 Å². The lowest BCUT2D eigenvalue weighted by Gasteiger charge is -2.37. The first-order valence-corrected chi connectivity index (χ1v) is 11.5. The predicted octanol–water partition coefficient (Wildman–Crippen LogP) is 5.51. The van der Waals surface area contributed by atoms with Gasteiger partial charge < -0.3 is 19.3 Å². The summed E-state index contributed by atoms with van der Waals surface area (Å²) in [7, 11) is 1.63. The third kappa shape index (κ3) is 5.25. The van der Waals surface area contributed by atoms with Gasteiger partial charge in [-0.2, -0.15) is 0 Å². The van der Waals surface area contributed by atoms with Crippen LogP contribution in [-0.2, 0) is 6.61 Å². The van der Waals surface area contributed by atoms with E-state index in [1.807, 2.05) is 72.5 Å². The molecule has 1 aliphatic rings. The Balaban J connectivity index is 1.44. The molecule has 6 heteroatoms. The quantitative estimate of drug-likeness (QED) is 0.482. The highest BCUT2D eigenvalue weighted by Gasteiger charge is 2.24. The van der Waals surface area contributed by atoms with E-state index in [2.05, 4.69) is 11.8 Å². The molecule has 0 N–H and O–H groups in total. The number of para-hydroxylation sites is 1. The summed E-state index contributed by atoms with van der Waals surface area (Å²) in [6.45, 7) is 7.28. The topological polar surface area (TPSA) is 42.0 Å². The van der Waals surface area contributed by atoms with E-state index in [0.29, 0.717) is 31.0 Å². The lowest BCUT2D eigenvalue weighted by molar-refractivity contribution is 0.0746. The summed E-state index contributed by atoms with van der Waals surface area (Å²) in [6.07, 6.45) is 0. The van der Waals surface area contributed by atoms with Crippen molar-refractivity contribution in [2.75, 3.05) is 38.2 Å². The summed E-state index contributed by atoms with van der Waals surface area (Å²) < 4.78 is 11.5. The van der Waals surface area contributed by atoms with E-state index in [0.717, 1.165) is 40.7 Å². The Hall–Kier alpha value is -3.18. The summed E-state index contributed by atoms with van der Waals surface area (Å²) in [5.41, 5.74) is 4.88. The van der Waals surface area contributed by atoms with Gasteiger partial charge in [0.2, 0.25) is 0 Å². The molecule has 0 atom stereocenters. The predicted molar refractivity (Wildman–Crippen MR) is 133 cm³/mol. The first kappa shape index (κ1) is 23.0. The number of ether oxygens (including phenoxy) is 2. The Morgan fingerprint density at radius 1 is 0.909 bits per heavy atom. The molecule has 0 unspecified atom stereocenters. The van der Waals surface area contributed by atoms with Crippen molar-refractivity contribution in [3.05, 3.63) is 87.9 Å². The van der Waals surface area contributed by atoms with Crippen LogP contribution >= 0.6 is 11.6 Å². The largest absolute Gasteiger partial charge is 0.496 e. The second-order valence-electron chi connectivity index (χ2n) is 8.29. The highest BCUT2D eigenvalue weighted by molar-refractivity contribution is 6.30. The summed E-state index contributed by atoms with van der Waals surface area (Å²) in [4.78, 5) is 17.4. The maximum Gasteiger partial charge on any atom is 0.253 e. The zero-order valence-electron chi connectivity index (χ0n) is 19.3. The molecule has 1 fully saturated rings. The second kappa shape index (κ2) is 10.2. The minimum absolute atomic E-state index is 0.0252. The van der Waals surface area contributed by atoms with Crippen molar-refractivity contribution < 1.29 is 14.3 Å². The van der Waals surface area contributed by atoms with Gasteiger partial charge in [0.1, 0.15) is 18.1 Å². The fourth-order valence-corrected chi connectivity index (χ4v) is 4.32. The molecule has 0 bridgehead atoms. The van der Waals surface area contributed by atoms with Gasteiger partial charge >= 0.3 is 0 Å². The van der Waals surface area contributed by atoms with Crippen molar-refractivity contribution in [1.29, 1.82) is 0 Å². The molecule has 1 aliphatic heterocycles. The van der Waals surface area contributed by atoms with Gasteiger partial charge in [-0.05, 0) is 61.4 Å². The molecular weight excluding hydrogens is 436 g/mol. The molecule has 33 heavy (non-hydrogen) atoms. The third-order valence-corrected chi connectivity index (χ3v) is 6.32. The Kier molecular flexibility index (Phi) is 7.09. The first-order valence-electron chi connectivity index (χ1n) is 11.1. The number of nitrogens with zero attached hydrogens (tertiary/aromatic N) is 2. The Morgan fingerprint density at radius 2 is 1.67 bits per heavy atom.